The lowest BCUT2D eigenvalue weighted by molar-refractivity contribution is 0.211. The van der Waals surface area contributed by atoms with E-state index >= 15 is 4.39 Å². The van der Waals surface area contributed by atoms with Gasteiger partial charge in [0, 0.05) is 29.4 Å². The summed E-state index contributed by atoms with van der Waals surface area (Å²) in [4.78, 5) is 6.37. The molecule has 12 heteroatoms. The molecule has 4 aromatic rings. The minimum Gasteiger partial charge on any atom is -0.497 e. The number of nitrogens with zero attached hydrogens (tertiary/aromatic N) is 3. The Morgan fingerprint density at radius 2 is 1.67 bits per heavy atom. The zero-order valence-electron chi connectivity index (χ0n) is 25.0. The number of likely N-dealkylation sites (N-methyl/N-ethyl adjacent to an activating group) is 1. The Bertz CT molecular complexity index is 1700. The first-order valence-electron chi connectivity index (χ1n) is 14.1. The number of aromatic nitrogens is 1. The number of thiazole rings is 1. The molecule has 43 heavy (non-hydrogen) atoms. The summed E-state index contributed by atoms with van der Waals surface area (Å²) in [7, 11) is 4.29. The molecule has 230 valence electrons. The van der Waals surface area contributed by atoms with Crippen molar-refractivity contribution in [3.8, 4) is 17.2 Å². The van der Waals surface area contributed by atoms with Gasteiger partial charge in [0.05, 0.1) is 38.1 Å². The first kappa shape index (κ1) is 30.8. The average Bonchev–Trinajstić information content (AvgIpc) is 3.42. The highest BCUT2D eigenvalue weighted by molar-refractivity contribution is 7.93. The quantitative estimate of drug-likeness (QED) is 0.212. The smallest absolute Gasteiger partial charge is 0.269 e. The van der Waals surface area contributed by atoms with Crippen molar-refractivity contribution < 1.29 is 27.0 Å². The minimum absolute atomic E-state index is 0.140. The van der Waals surface area contributed by atoms with Crippen molar-refractivity contribution in [3.05, 3.63) is 66.0 Å². The van der Waals surface area contributed by atoms with Gasteiger partial charge in [0.1, 0.15) is 28.0 Å². The number of ether oxygens (including phenoxy) is 3. The molecule has 0 bridgehead atoms. The Labute approximate surface area is 256 Å². The third-order valence-electron chi connectivity index (χ3n) is 7.85. The Hall–Kier alpha value is -3.61. The highest BCUT2D eigenvalue weighted by atomic mass is 32.2. The van der Waals surface area contributed by atoms with Crippen LogP contribution in [-0.2, 0) is 16.6 Å². The zero-order chi connectivity index (χ0) is 30.7. The summed E-state index contributed by atoms with van der Waals surface area (Å²) in [5.41, 5.74) is 1.71. The lowest BCUT2D eigenvalue weighted by atomic mass is 9.89. The first-order chi connectivity index (χ1) is 20.6. The normalized spacial score (nSPS) is 17.2. The molecule has 1 aromatic heterocycles. The van der Waals surface area contributed by atoms with Crippen molar-refractivity contribution in [2.24, 2.45) is 0 Å². The summed E-state index contributed by atoms with van der Waals surface area (Å²) in [6.45, 7) is -0.140. The van der Waals surface area contributed by atoms with E-state index in [-0.39, 0.29) is 17.7 Å². The van der Waals surface area contributed by atoms with Gasteiger partial charge in [0.15, 0.2) is 0 Å². The van der Waals surface area contributed by atoms with Crippen LogP contribution in [0.4, 0.5) is 15.2 Å². The molecule has 0 spiro atoms. The van der Waals surface area contributed by atoms with Crippen molar-refractivity contribution in [3.63, 3.8) is 0 Å². The molecule has 2 atom stereocenters. The second kappa shape index (κ2) is 12.9. The van der Waals surface area contributed by atoms with Gasteiger partial charge in [-0.2, -0.15) is 0 Å². The van der Waals surface area contributed by atoms with E-state index in [1.54, 1.807) is 49.6 Å². The molecular formula is C31H37FN4O5S2. The molecule has 1 aliphatic rings. The summed E-state index contributed by atoms with van der Waals surface area (Å²) in [5.74, 6) is 0.783. The van der Waals surface area contributed by atoms with E-state index in [1.807, 2.05) is 14.1 Å². The Kier molecular flexibility index (Phi) is 9.28. The van der Waals surface area contributed by atoms with Gasteiger partial charge in [-0.25, -0.2) is 22.1 Å². The van der Waals surface area contributed by atoms with E-state index in [0.29, 0.717) is 40.1 Å². The summed E-state index contributed by atoms with van der Waals surface area (Å²) >= 11 is 1.18. The molecule has 1 saturated carbocycles. The fraction of sp³-hybridized carbons (Fsp3) is 0.387. The topological polar surface area (TPSA) is 93.2 Å². The van der Waals surface area contributed by atoms with Crippen LogP contribution in [0.2, 0.25) is 0 Å². The monoisotopic (exact) mass is 628 g/mol. The van der Waals surface area contributed by atoms with Crippen LogP contribution in [0.15, 0.2) is 59.5 Å². The summed E-state index contributed by atoms with van der Waals surface area (Å²) in [6.07, 6.45) is 4.26. The van der Waals surface area contributed by atoms with Gasteiger partial charge in [0.25, 0.3) is 10.0 Å². The Balaban J connectivity index is 1.53. The number of benzene rings is 3. The van der Waals surface area contributed by atoms with E-state index in [9.17, 15) is 8.42 Å². The second-order valence-corrected chi connectivity index (χ2v) is 13.6. The lowest BCUT2D eigenvalue weighted by Gasteiger charge is -2.37. The van der Waals surface area contributed by atoms with Crippen molar-refractivity contribution in [2.45, 2.75) is 49.2 Å². The van der Waals surface area contributed by atoms with Gasteiger partial charge >= 0.3 is 0 Å². The van der Waals surface area contributed by atoms with Crippen LogP contribution < -0.4 is 23.8 Å². The molecule has 1 N–H and O–H groups in total. The molecule has 3 aromatic carbocycles. The number of hydrogen-bond acceptors (Lipinski definition) is 9. The zero-order valence-corrected chi connectivity index (χ0v) is 26.6. The van der Waals surface area contributed by atoms with E-state index < -0.39 is 20.7 Å². The molecule has 9 nitrogen and oxygen atoms in total. The second-order valence-electron chi connectivity index (χ2n) is 10.7. The maximum atomic E-state index is 15.8. The number of methoxy groups -OCH3 is 3. The number of halogens is 1. The highest BCUT2D eigenvalue weighted by Crippen LogP contribution is 2.37. The van der Waals surface area contributed by atoms with Gasteiger partial charge in [-0.15, -0.1) is 0 Å². The van der Waals surface area contributed by atoms with Gasteiger partial charge in [-0.3, -0.25) is 0 Å². The number of sulfonamides is 1. The SMILES string of the molecule is COc1ccc(CN(c2nc3ccc(OC)cc3s2)S(=O)(=O)c2ccc(N[C@H]3CCCC[C@@H]3N(C)C)cc2F)c(OC)c1. The van der Waals surface area contributed by atoms with Gasteiger partial charge in [0.2, 0.25) is 5.13 Å². The molecule has 0 aliphatic heterocycles. The third kappa shape index (κ3) is 6.51. The van der Waals surface area contributed by atoms with E-state index in [2.05, 4.69) is 15.2 Å². The summed E-state index contributed by atoms with van der Waals surface area (Å²) < 4.78 is 62.4. The van der Waals surface area contributed by atoms with Crippen LogP contribution in [0, 0.1) is 5.82 Å². The average molecular weight is 629 g/mol. The van der Waals surface area contributed by atoms with Crippen LogP contribution >= 0.6 is 11.3 Å². The van der Waals surface area contributed by atoms with Crippen LogP contribution in [0.25, 0.3) is 10.2 Å². The molecular weight excluding hydrogens is 591 g/mol. The Morgan fingerprint density at radius 1 is 0.953 bits per heavy atom. The number of anilines is 2. The largest absolute Gasteiger partial charge is 0.497 e. The molecule has 0 unspecified atom stereocenters. The molecule has 1 aliphatic carbocycles. The van der Waals surface area contributed by atoms with Crippen molar-refractivity contribution in [1.82, 2.24) is 9.88 Å². The number of fused-ring (bicyclic) bond motifs is 1. The van der Waals surface area contributed by atoms with Gasteiger partial charge in [-0.05, 0) is 75.5 Å². The van der Waals surface area contributed by atoms with E-state index in [1.165, 1.54) is 37.7 Å². The lowest BCUT2D eigenvalue weighted by Crippen LogP contribution is -2.45. The van der Waals surface area contributed by atoms with Crippen molar-refractivity contribution in [1.29, 1.82) is 0 Å². The highest BCUT2D eigenvalue weighted by Gasteiger charge is 2.32. The van der Waals surface area contributed by atoms with Crippen LogP contribution in [0.1, 0.15) is 31.2 Å². The number of hydrogen-bond donors (Lipinski definition) is 1. The van der Waals surface area contributed by atoms with Gasteiger partial charge in [-0.1, -0.05) is 24.2 Å². The fourth-order valence-electron chi connectivity index (χ4n) is 5.55. The molecule has 0 radical (unpaired) electrons. The van der Waals surface area contributed by atoms with Crippen LogP contribution in [-0.4, -0.2) is 65.8 Å². The van der Waals surface area contributed by atoms with E-state index in [0.717, 1.165) is 34.7 Å². The van der Waals surface area contributed by atoms with Crippen molar-refractivity contribution >= 4 is 42.4 Å². The molecule has 0 amide bonds. The van der Waals surface area contributed by atoms with Gasteiger partial charge < -0.3 is 24.4 Å². The number of nitrogens with one attached hydrogen (secondary N) is 1. The first-order valence-corrected chi connectivity index (χ1v) is 16.3. The van der Waals surface area contributed by atoms with Crippen LogP contribution in [0.3, 0.4) is 0 Å². The maximum absolute atomic E-state index is 15.8. The molecule has 1 heterocycles. The number of rotatable bonds is 11. The van der Waals surface area contributed by atoms with Crippen LogP contribution in [0.5, 0.6) is 17.2 Å². The molecule has 1 fully saturated rings. The third-order valence-corrected chi connectivity index (χ3v) is 10.8. The summed E-state index contributed by atoms with van der Waals surface area (Å²) in [6, 6.07) is 15.1. The fourth-order valence-corrected chi connectivity index (χ4v) is 8.19. The van der Waals surface area contributed by atoms with Crippen molar-refractivity contribution in [2.75, 3.05) is 45.0 Å². The molecule has 0 saturated heterocycles. The standard InChI is InChI=1S/C31H37FN4O5S2/c1-35(2)27-9-7-6-8-25(27)33-21-11-15-30(24(32)16-21)43(37,38)36(19-20-10-12-22(39-3)17-28(20)41-5)31-34-26-14-13-23(40-4)18-29(26)42-31/h10-18,25,27,33H,6-9,19H2,1-5H3/t25-,27-/m0/s1. The maximum Gasteiger partial charge on any atom is 0.269 e. The minimum atomic E-state index is -4.41. The van der Waals surface area contributed by atoms with E-state index in [4.69, 9.17) is 14.2 Å². The molecule has 5 rings (SSSR count). The predicted molar refractivity (Wildman–Crippen MR) is 169 cm³/mol. The Morgan fingerprint density at radius 3 is 2.37 bits per heavy atom. The predicted octanol–water partition coefficient (Wildman–Crippen LogP) is 6.14. The summed E-state index contributed by atoms with van der Waals surface area (Å²) in [5, 5.41) is 3.64.